The summed E-state index contributed by atoms with van der Waals surface area (Å²) in [6.07, 6.45) is 0. The Balaban J connectivity index is 2.13. The quantitative estimate of drug-likeness (QED) is 0.713. The molecule has 17 heavy (non-hydrogen) atoms. The molecular formula is C14H9NOS. The Morgan fingerprint density at radius 1 is 0.824 bits per heavy atom. The summed E-state index contributed by atoms with van der Waals surface area (Å²) in [6.45, 7) is 0. The molecule has 0 radical (unpaired) electrons. The van der Waals surface area contributed by atoms with Crippen LogP contribution in [0.1, 0.15) is 15.9 Å². The maximum atomic E-state index is 12.2. The number of rotatable bonds is 1. The van der Waals surface area contributed by atoms with Crippen molar-refractivity contribution in [3.63, 3.8) is 0 Å². The van der Waals surface area contributed by atoms with Crippen LogP contribution in [0.3, 0.4) is 0 Å². The van der Waals surface area contributed by atoms with Gasteiger partial charge in [-0.05, 0) is 18.2 Å². The molecule has 82 valence electrons. The number of nitrogens with zero attached hydrogens (tertiary/aromatic N) is 1. The normalized spacial score (nSPS) is 14.0. The topological polar surface area (TPSA) is 20.3 Å². The number of thiocarbonyl (C=S) groups is 1. The van der Waals surface area contributed by atoms with Crippen molar-refractivity contribution in [3.8, 4) is 0 Å². The van der Waals surface area contributed by atoms with Crippen LogP contribution in [0.15, 0.2) is 54.6 Å². The lowest BCUT2D eigenvalue weighted by Gasteiger charge is -2.15. The van der Waals surface area contributed by atoms with Crippen LogP contribution in [0, 0.1) is 0 Å². The van der Waals surface area contributed by atoms with E-state index in [4.69, 9.17) is 12.2 Å². The van der Waals surface area contributed by atoms with Gasteiger partial charge in [-0.3, -0.25) is 9.69 Å². The van der Waals surface area contributed by atoms with Gasteiger partial charge in [-0.15, -0.1) is 0 Å². The Morgan fingerprint density at radius 2 is 1.41 bits per heavy atom. The fourth-order valence-electron chi connectivity index (χ4n) is 2.00. The predicted octanol–water partition coefficient (Wildman–Crippen LogP) is 3.02. The van der Waals surface area contributed by atoms with Crippen LogP contribution in [-0.4, -0.2) is 10.9 Å². The third-order valence-electron chi connectivity index (χ3n) is 2.81. The highest BCUT2D eigenvalue weighted by Crippen LogP contribution is 2.28. The molecule has 1 aliphatic heterocycles. The molecule has 2 aromatic rings. The summed E-state index contributed by atoms with van der Waals surface area (Å²) in [5.41, 5.74) is 2.34. The molecule has 0 aliphatic carbocycles. The number of fused-ring (bicyclic) bond motifs is 1. The van der Waals surface area contributed by atoms with Crippen molar-refractivity contribution >= 4 is 28.8 Å². The molecular weight excluding hydrogens is 230 g/mol. The maximum absolute atomic E-state index is 12.2. The number of para-hydroxylation sites is 1. The Bertz CT molecular complexity index is 572. The molecule has 0 unspecified atom stereocenters. The SMILES string of the molecule is O=C1c2ccccc2C(=S)N1c1ccccc1. The van der Waals surface area contributed by atoms with E-state index in [0.29, 0.717) is 10.6 Å². The highest BCUT2D eigenvalue weighted by Gasteiger charge is 2.32. The number of hydrogen-bond donors (Lipinski definition) is 0. The molecule has 0 fully saturated rings. The first-order chi connectivity index (χ1) is 8.29. The van der Waals surface area contributed by atoms with Gasteiger partial charge in [0, 0.05) is 5.56 Å². The van der Waals surface area contributed by atoms with E-state index < -0.39 is 0 Å². The average molecular weight is 239 g/mol. The Labute approximate surface area is 104 Å². The van der Waals surface area contributed by atoms with E-state index in [-0.39, 0.29) is 5.91 Å². The molecule has 2 nitrogen and oxygen atoms in total. The third kappa shape index (κ3) is 1.47. The number of benzene rings is 2. The van der Waals surface area contributed by atoms with Gasteiger partial charge in [0.25, 0.3) is 5.91 Å². The van der Waals surface area contributed by atoms with Crippen molar-refractivity contribution < 1.29 is 4.79 Å². The van der Waals surface area contributed by atoms with Crippen LogP contribution in [0.4, 0.5) is 5.69 Å². The Hall–Kier alpha value is -2.00. The lowest BCUT2D eigenvalue weighted by molar-refractivity contribution is 0.101. The molecule has 0 saturated carbocycles. The smallest absolute Gasteiger partial charge is 0.264 e. The van der Waals surface area contributed by atoms with Crippen LogP contribution < -0.4 is 4.90 Å². The summed E-state index contributed by atoms with van der Waals surface area (Å²) in [5.74, 6) is -0.0446. The summed E-state index contributed by atoms with van der Waals surface area (Å²) in [5, 5.41) is 0. The second-order valence-electron chi connectivity index (χ2n) is 3.83. The van der Waals surface area contributed by atoms with Gasteiger partial charge in [0.15, 0.2) is 0 Å². The molecule has 1 heterocycles. The molecule has 0 bridgehead atoms. The summed E-state index contributed by atoms with van der Waals surface area (Å²) in [7, 11) is 0. The minimum atomic E-state index is -0.0446. The Morgan fingerprint density at radius 3 is 2.06 bits per heavy atom. The van der Waals surface area contributed by atoms with Gasteiger partial charge in [-0.2, -0.15) is 0 Å². The van der Waals surface area contributed by atoms with E-state index in [1.165, 1.54) is 0 Å². The average Bonchev–Trinajstić information content (AvgIpc) is 2.64. The number of amides is 1. The van der Waals surface area contributed by atoms with Crippen LogP contribution in [-0.2, 0) is 0 Å². The largest absolute Gasteiger partial charge is 0.268 e. The van der Waals surface area contributed by atoms with E-state index in [1.807, 2.05) is 54.6 Å². The van der Waals surface area contributed by atoms with Gasteiger partial charge < -0.3 is 0 Å². The van der Waals surface area contributed by atoms with Crippen molar-refractivity contribution in [1.82, 2.24) is 0 Å². The first-order valence-electron chi connectivity index (χ1n) is 5.32. The highest BCUT2D eigenvalue weighted by molar-refractivity contribution is 7.81. The van der Waals surface area contributed by atoms with E-state index in [1.54, 1.807) is 4.90 Å². The molecule has 0 N–H and O–H groups in total. The lowest BCUT2D eigenvalue weighted by Crippen LogP contribution is -2.28. The zero-order valence-electron chi connectivity index (χ0n) is 8.96. The van der Waals surface area contributed by atoms with Gasteiger partial charge >= 0.3 is 0 Å². The summed E-state index contributed by atoms with van der Waals surface area (Å²) in [4.78, 5) is 14.4. The number of anilines is 1. The number of hydrogen-bond acceptors (Lipinski definition) is 2. The molecule has 3 rings (SSSR count). The molecule has 1 aliphatic rings. The molecule has 1 amide bonds. The molecule has 0 aromatic heterocycles. The predicted molar refractivity (Wildman–Crippen MR) is 71.4 cm³/mol. The molecule has 0 atom stereocenters. The first kappa shape index (κ1) is 10.2. The van der Waals surface area contributed by atoms with Gasteiger partial charge in [-0.25, -0.2) is 0 Å². The molecule has 3 heteroatoms. The second-order valence-corrected chi connectivity index (χ2v) is 4.21. The fraction of sp³-hybridized carbons (Fsp3) is 0. The van der Waals surface area contributed by atoms with Crippen molar-refractivity contribution in [1.29, 1.82) is 0 Å². The van der Waals surface area contributed by atoms with Gasteiger partial charge in [-0.1, -0.05) is 48.6 Å². The number of carbonyl (C=O) groups excluding carboxylic acids is 1. The van der Waals surface area contributed by atoms with Crippen LogP contribution in [0.25, 0.3) is 0 Å². The Kier molecular flexibility index (Phi) is 2.27. The highest BCUT2D eigenvalue weighted by atomic mass is 32.1. The number of carbonyl (C=O) groups is 1. The van der Waals surface area contributed by atoms with E-state index >= 15 is 0 Å². The molecule has 0 saturated heterocycles. The molecule has 2 aromatic carbocycles. The lowest BCUT2D eigenvalue weighted by atomic mass is 10.1. The summed E-state index contributed by atoms with van der Waals surface area (Å²) < 4.78 is 0. The second kappa shape index (κ2) is 3.79. The van der Waals surface area contributed by atoms with Crippen molar-refractivity contribution in [2.75, 3.05) is 4.90 Å². The van der Waals surface area contributed by atoms with Crippen molar-refractivity contribution in [3.05, 3.63) is 65.7 Å². The van der Waals surface area contributed by atoms with Gasteiger partial charge in [0.1, 0.15) is 4.99 Å². The van der Waals surface area contributed by atoms with Crippen LogP contribution in [0.5, 0.6) is 0 Å². The van der Waals surface area contributed by atoms with Gasteiger partial charge in [0.05, 0.1) is 11.3 Å². The minimum Gasteiger partial charge on any atom is -0.268 e. The summed E-state index contributed by atoms with van der Waals surface area (Å²) >= 11 is 5.36. The van der Waals surface area contributed by atoms with E-state index in [9.17, 15) is 4.79 Å². The van der Waals surface area contributed by atoms with Gasteiger partial charge in [0.2, 0.25) is 0 Å². The van der Waals surface area contributed by atoms with Crippen molar-refractivity contribution in [2.24, 2.45) is 0 Å². The zero-order valence-corrected chi connectivity index (χ0v) is 9.78. The summed E-state index contributed by atoms with van der Waals surface area (Å²) in [6, 6.07) is 16.9. The van der Waals surface area contributed by atoms with E-state index in [2.05, 4.69) is 0 Å². The minimum absolute atomic E-state index is 0.0446. The first-order valence-corrected chi connectivity index (χ1v) is 5.73. The fourth-order valence-corrected chi connectivity index (χ4v) is 2.37. The van der Waals surface area contributed by atoms with Crippen LogP contribution >= 0.6 is 12.2 Å². The van der Waals surface area contributed by atoms with Crippen molar-refractivity contribution in [2.45, 2.75) is 0 Å². The third-order valence-corrected chi connectivity index (χ3v) is 3.21. The standard InChI is InChI=1S/C14H9NOS/c16-13-11-8-4-5-9-12(11)14(17)15(13)10-6-2-1-3-7-10/h1-9H. The van der Waals surface area contributed by atoms with Crippen LogP contribution in [0.2, 0.25) is 0 Å². The van der Waals surface area contributed by atoms with E-state index in [0.717, 1.165) is 11.3 Å². The zero-order chi connectivity index (χ0) is 11.8. The maximum Gasteiger partial charge on any atom is 0.264 e. The monoisotopic (exact) mass is 239 g/mol. The molecule has 0 spiro atoms.